The van der Waals surface area contributed by atoms with E-state index in [2.05, 4.69) is 26.1 Å². The largest absolute Gasteiger partial charge is 0.355 e. The lowest BCUT2D eigenvalue weighted by molar-refractivity contribution is -0.118. The lowest BCUT2D eigenvalue weighted by Gasteiger charge is -2.06. The zero-order valence-electron chi connectivity index (χ0n) is 8.93. The Bertz CT molecular complexity index is 137. The zero-order valence-corrected chi connectivity index (χ0v) is 9.75. The SMILES string of the molecule is CCCCSCC(=O)NCC(C)C. The molecule has 0 aliphatic heterocycles. The van der Waals surface area contributed by atoms with Crippen molar-refractivity contribution in [3.05, 3.63) is 0 Å². The first-order chi connectivity index (χ1) is 6.16. The minimum absolute atomic E-state index is 0.176. The molecule has 0 aliphatic rings. The van der Waals surface area contributed by atoms with Crippen LogP contribution in [0.4, 0.5) is 0 Å². The molecule has 0 fully saturated rings. The van der Waals surface area contributed by atoms with Crippen molar-refractivity contribution in [2.24, 2.45) is 5.92 Å². The van der Waals surface area contributed by atoms with Gasteiger partial charge < -0.3 is 5.32 Å². The van der Waals surface area contributed by atoms with Crippen molar-refractivity contribution in [2.75, 3.05) is 18.1 Å². The van der Waals surface area contributed by atoms with E-state index in [1.165, 1.54) is 12.8 Å². The molecule has 13 heavy (non-hydrogen) atoms. The van der Waals surface area contributed by atoms with Gasteiger partial charge in [-0.3, -0.25) is 4.79 Å². The summed E-state index contributed by atoms with van der Waals surface area (Å²) in [4.78, 5) is 11.2. The minimum atomic E-state index is 0.176. The van der Waals surface area contributed by atoms with Crippen molar-refractivity contribution < 1.29 is 4.79 Å². The molecule has 0 rings (SSSR count). The van der Waals surface area contributed by atoms with Gasteiger partial charge in [-0.2, -0.15) is 11.8 Å². The van der Waals surface area contributed by atoms with Crippen LogP contribution in [0.15, 0.2) is 0 Å². The molecule has 0 aromatic rings. The average molecular weight is 203 g/mol. The van der Waals surface area contributed by atoms with Crippen molar-refractivity contribution in [3.63, 3.8) is 0 Å². The monoisotopic (exact) mass is 203 g/mol. The van der Waals surface area contributed by atoms with Crippen molar-refractivity contribution in [2.45, 2.75) is 33.6 Å². The van der Waals surface area contributed by atoms with E-state index in [4.69, 9.17) is 0 Å². The van der Waals surface area contributed by atoms with E-state index in [9.17, 15) is 4.79 Å². The summed E-state index contributed by atoms with van der Waals surface area (Å²) in [6.07, 6.45) is 2.42. The topological polar surface area (TPSA) is 29.1 Å². The summed E-state index contributed by atoms with van der Waals surface area (Å²) in [5.41, 5.74) is 0. The predicted molar refractivity (Wildman–Crippen MR) is 60.1 cm³/mol. The summed E-state index contributed by atoms with van der Waals surface area (Å²) in [6.45, 7) is 7.17. The summed E-state index contributed by atoms with van der Waals surface area (Å²) in [5.74, 6) is 2.44. The molecule has 2 nitrogen and oxygen atoms in total. The van der Waals surface area contributed by atoms with Crippen LogP contribution in [0.25, 0.3) is 0 Å². The highest BCUT2D eigenvalue weighted by Crippen LogP contribution is 2.03. The van der Waals surface area contributed by atoms with Crippen LogP contribution in [-0.2, 0) is 4.79 Å². The van der Waals surface area contributed by atoms with Gasteiger partial charge in [-0.05, 0) is 18.1 Å². The van der Waals surface area contributed by atoms with E-state index in [1.54, 1.807) is 11.8 Å². The van der Waals surface area contributed by atoms with Crippen molar-refractivity contribution in [1.29, 1.82) is 0 Å². The second kappa shape index (κ2) is 8.42. The van der Waals surface area contributed by atoms with Gasteiger partial charge in [0.15, 0.2) is 0 Å². The van der Waals surface area contributed by atoms with Gasteiger partial charge in [0.25, 0.3) is 0 Å². The van der Waals surface area contributed by atoms with Gasteiger partial charge in [0.2, 0.25) is 5.91 Å². The minimum Gasteiger partial charge on any atom is -0.355 e. The van der Waals surface area contributed by atoms with E-state index in [0.717, 1.165) is 12.3 Å². The third-order valence-electron chi connectivity index (χ3n) is 1.58. The number of carbonyl (C=O) groups excluding carboxylic acids is 1. The zero-order chi connectivity index (χ0) is 10.1. The summed E-state index contributed by atoms with van der Waals surface area (Å²) >= 11 is 1.73. The van der Waals surface area contributed by atoms with Gasteiger partial charge in [-0.25, -0.2) is 0 Å². The van der Waals surface area contributed by atoms with Gasteiger partial charge in [-0.15, -0.1) is 0 Å². The molecule has 0 unspecified atom stereocenters. The Morgan fingerprint density at radius 1 is 1.46 bits per heavy atom. The average Bonchev–Trinajstić information content (AvgIpc) is 2.09. The molecule has 78 valence electrons. The maximum absolute atomic E-state index is 11.2. The second-order valence-corrected chi connectivity index (χ2v) is 4.71. The Kier molecular flexibility index (Phi) is 8.30. The Balaban J connectivity index is 3.20. The molecular weight excluding hydrogens is 182 g/mol. The van der Waals surface area contributed by atoms with E-state index in [1.807, 2.05) is 0 Å². The van der Waals surface area contributed by atoms with Crippen LogP contribution >= 0.6 is 11.8 Å². The standard InChI is InChI=1S/C10H21NOS/c1-4-5-6-13-8-10(12)11-7-9(2)3/h9H,4-8H2,1-3H3,(H,11,12). The lowest BCUT2D eigenvalue weighted by Crippen LogP contribution is -2.28. The number of rotatable bonds is 7. The normalized spacial score (nSPS) is 10.5. The molecule has 0 aromatic heterocycles. The Hall–Kier alpha value is -0.180. The van der Waals surface area contributed by atoms with Gasteiger partial charge in [0.1, 0.15) is 0 Å². The number of hydrogen-bond acceptors (Lipinski definition) is 2. The smallest absolute Gasteiger partial charge is 0.230 e. The number of carbonyl (C=O) groups is 1. The van der Waals surface area contributed by atoms with Crippen molar-refractivity contribution >= 4 is 17.7 Å². The number of nitrogens with one attached hydrogen (secondary N) is 1. The van der Waals surface area contributed by atoms with Crippen LogP contribution in [0.1, 0.15) is 33.6 Å². The first-order valence-corrected chi connectivity index (χ1v) is 6.16. The molecule has 0 aromatic carbocycles. The van der Waals surface area contributed by atoms with Crippen LogP contribution in [-0.4, -0.2) is 24.0 Å². The molecule has 3 heteroatoms. The third kappa shape index (κ3) is 9.74. The molecule has 0 radical (unpaired) electrons. The van der Waals surface area contributed by atoms with E-state index in [0.29, 0.717) is 11.7 Å². The van der Waals surface area contributed by atoms with Gasteiger partial charge in [-0.1, -0.05) is 27.2 Å². The quantitative estimate of drug-likeness (QED) is 0.643. The second-order valence-electron chi connectivity index (χ2n) is 3.60. The third-order valence-corrected chi connectivity index (χ3v) is 2.63. The molecule has 0 aliphatic carbocycles. The number of thioether (sulfide) groups is 1. The van der Waals surface area contributed by atoms with E-state index >= 15 is 0 Å². The number of unbranched alkanes of at least 4 members (excludes halogenated alkanes) is 1. The molecule has 0 heterocycles. The van der Waals surface area contributed by atoms with E-state index in [-0.39, 0.29) is 5.91 Å². The number of amides is 1. The maximum atomic E-state index is 11.2. The molecule has 0 saturated carbocycles. The van der Waals surface area contributed by atoms with Crippen molar-refractivity contribution in [1.82, 2.24) is 5.32 Å². The van der Waals surface area contributed by atoms with E-state index < -0.39 is 0 Å². The van der Waals surface area contributed by atoms with Gasteiger partial charge in [0, 0.05) is 6.54 Å². The van der Waals surface area contributed by atoms with Crippen LogP contribution < -0.4 is 5.32 Å². The van der Waals surface area contributed by atoms with Crippen LogP contribution in [0, 0.1) is 5.92 Å². The first-order valence-electron chi connectivity index (χ1n) is 5.01. The highest BCUT2D eigenvalue weighted by atomic mass is 32.2. The van der Waals surface area contributed by atoms with Gasteiger partial charge >= 0.3 is 0 Å². The van der Waals surface area contributed by atoms with Gasteiger partial charge in [0.05, 0.1) is 5.75 Å². The highest BCUT2D eigenvalue weighted by molar-refractivity contribution is 7.99. The molecule has 0 bridgehead atoms. The first kappa shape index (κ1) is 12.8. The molecule has 0 saturated heterocycles. The summed E-state index contributed by atoms with van der Waals surface area (Å²) in [6, 6.07) is 0. The molecule has 0 spiro atoms. The molecular formula is C10H21NOS. The molecule has 1 N–H and O–H groups in total. The van der Waals surface area contributed by atoms with Crippen LogP contribution in [0.5, 0.6) is 0 Å². The fraction of sp³-hybridized carbons (Fsp3) is 0.900. The Morgan fingerprint density at radius 3 is 2.69 bits per heavy atom. The lowest BCUT2D eigenvalue weighted by atomic mass is 10.2. The predicted octanol–water partition coefficient (Wildman–Crippen LogP) is 2.29. The molecule has 0 atom stereocenters. The Labute approximate surface area is 85.9 Å². The Morgan fingerprint density at radius 2 is 2.15 bits per heavy atom. The number of hydrogen-bond donors (Lipinski definition) is 1. The summed E-state index contributed by atoms with van der Waals surface area (Å²) in [5, 5.41) is 2.90. The summed E-state index contributed by atoms with van der Waals surface area (Å²) in [7, 11) is 0. The fourth-order valence-electron chi connectivity index (χ4n) is 0.780. The highest BCUT2D eigenvalue weighted by Gasteiger charge is 2.01. The van der Waals surface area contributed by atoms with Crippen LogP contribution in [0.3, 0.4) is 0 Å². The van der Waals surface area contributed by atoms with Crippen molar-refractivity contribution in [3.8, 4) is 0 Å². The maximum Gasteiger partial charge on any atom is 0.230 e. The van der Waals surface area contributed by atoms with Crippen LogP contribution in [0.2, 0.25) is 0 Å². The fourth-order valence-corrected chi connectivity index (χ4v) is 1.70. The molecule has 1 amide bonds. The summed E-state index contributed by atoms with van der Waals surface area (Å²) < 4.78 is 0.